The molecule has 0 saturated carbocycles. The van der Waals surface area contributed by atoms with E-state index in [2.05, 4.69) is 10.2 Å². The number of phenols is 1. The van der Waals surface area contributed by atoms with Gasteiger partial charge < -0.3 is 10.2 Å². The van der Waals surface area contributed by atoms with Crippen molar-refractivity contribution < 1.29 is 15.0 Å². The Hall–Kier alpha value is -2.80. The summed E-state index contributed by atoms with van der Waals surface area (Å²) in [5.74, 6) is -0.488. The summed E-state index contributed by atoms with van der Waals surface area (Å²) in [6.07, 6.45) is 0. The number of phenolic OH excluding ortho intramolecular Hbond substituents is 1. The average molecular weight is 341 g/mol. The molecule has 24 heavy (non-hydrogen) atoms. The van der Waals surface area contributed by atoms with Crippen molar-refractivity contribution in [1.82, 2.24) is 14.8 Å². The van der Waals surface area contributed by atoms with Gasteiger partial charge in [-0.05, 0) is 30.7 Å². The second-order valence-corrected chi connectivity index (χ2v) is 6.07. The number of thioether (sulfide) groups is 1. The lowest BCUT2D eigenvalue weighted by atomic mass is 10.1. The third-order valence-corrected chi connectivity index (χ3v) is 4.37. The zero-order chi connectivity index (χ0) is 17.1. The smallest absolute Gasteiger partial charge is 0.313 e. The van der Waals surface area contributed by atoms with E-state index in [1.54, 1.807) is 28.8 Å². The predicted octanol–water partition coefficient (Wildman–Crippen LogP) is 3.13. The topological polar surface area (TPSA) is 88.2 Å². The second-order valence-electron chi connectivity index (χ2n) is 5.13. The minimum absolute atomic E-state index is 0.0921. The minimum Gasteiger partial charge on any atom is -0.507 e. The highest BCUT2D eigenvalue weighted by atomic mass is 32.2. The summed E-state index contributed by atoms with van der Waals surface area (Å²) in [5, 5.41) is 27.9. The van der Waals surface area contributed by atoms with Gasteiger partial charge in [0.05, 0.1) is 17.0 Å². The van der Waals surface area contributed by atoms with Crippen LogP contribution in [-0.2, 0) is 4.79 Å². The monoisotopic (exact) mass is 341 g/mol. The van der Waals surface area contributed by atoms with Crippen molar-refractivity contribution in [2.75, 3.05) is 5.75 Å². The highest BCUT2D eigenvalue weighted by Crippen LogP contribution is 2.33. The molecule has 0 radical (unpaired) electrons. The molecule has 0 spiro atoms. The Morgan fingerprint density at radius 2 is 1.83 bits per heavy atom. The molecule has 1 heterocycles. The Labute approximate surface area is 142 Å². The third kappa shape index (κ3) is 3.11. The number of nitrogens with zero attached hydrogens (tertiary/aromatic N) is 3. The molecule has 0 saturated heterocycles. The molecule has 122 valence electrons. The van der Waals surface area contributed by atoms with E-state index < -0.39 is 5.97 Å². The fourth-order valence-electron chi connectivity index (χ4n) is 2.36. The maximum Gasteiger partial charge on any atom is 0.313 e. The first kappa shape index (κ1) is 16.1. The lowest BCUT2D eigenvalue weighted by molar-refractivity contribution is -0.133. The molecule has 2 aromatic carbocycles. The van der Waals surface area contributed by atoms with Gasteiger partial charge in [-0.15, -0.1) is 10.2 Å². The number of aromatic nitrogens is 3. The zero-order valence-corrected chi connectivity index (χ0v) is 13.7. The maximum absolute atomic E-state index is 10.9. The van der Waals surface area contributed by atoms with Gasteiger partial charge in [0, 0.05) is 0 Å². The molecule has 1 aromatic heterocycles. The van der Waals surface area contributed by atoms with Crippen molar-refractivity contribution in [3.05, 3.63) is 54.1 Å². The second kappa shape index (κ2) is 6.76. The van der Waals surface area contributed by atoms with Crippen LogP contribution >= 0.6 is 11.8 Å². The van der Waals surface area contributed by atoms with E-state index >= 15 is 0 Å². The van der Waals surface area contributed by atoms with E-state index in [0.29, 0.717) is 16.5 Å². The standard InChI is InChI=1S/C17H15N3O3S/c1-11-6-2-4-8-13(11)20-16(12-7-3-5-9-14(12)21)18-19-17(20)24-10-15(22)23/h2-9,21H,10H2,1H3,(H,22,23). The Bertz CT molecular complexity index is 892. The zero-order valence-electron chi connectivity index (χ0n) is 12.9. The predicted molar refractivity (Wildman–Crippen MR) is 91.6 cm³/mol. The number of hydrogen-bond acceptors (Lipinski definition) is 5. The summed E-state index contributed by atoms with van der Waals surface area (Å²) < 4.78 is 1.78. The van der Waals surface area contributed by atoms with Crippen molar-refractivity contribution in [2.45, 2.75) is 12.1 Å². The molecule has 0 bridgehead atoms. The van der Waals surface area contributed by atoms with E-state index in [0.717, 1.165) is 23.0 Å². The number of benzene rings is 2. The Balaban J connectivity index is 2.19. The third-order valence-electron chi connectivity index (χ3n) is 3.46. The van der Waals surface area contributed by atoms with Gasteiger partial charge in [0.15, 0.2) is 11.0 Å². The normalized spacial score (nSPS) is 10.7. The Morgan fingerprint density at radius 3 is 2.54 bits per heavy atom. The fourth-order valence-corrected chi connectivity index (χ4v) is 3.02. The van der Waals surface area contributed by atoms with E-state index in [9.17, 15) is 9.90 Å². The lowest BCUT2D eigenvalue weighted by Crippen LogP contribution is -2.04. The van der Waals surface area contributed by atoms with Crippen molar-refractivity contribution in [1.29, 1.82) is 0 Å². The van der Waals surface area contributed by atoms with Gasteiger partial charge in [-0.25, -0.2) is 0 Å². The van der Waals surface area contributed by atoms with Gasteiger partial charge in [-0.3, -0.25) is 9.36 Å². The van der Waals surface area contributed by atoms with Gasteiger partial charge in [0.1, 0.15) is 5.75 Å². The molecule has 7 heteroatoms. The molecule has 2 N–H and O–H groups in total. The summed E-state index contributed by atoms with van der Waals surface area (Å²) in [6.45, 7) is 1.95. The summed E-state index contributed by atoms with van der Waals surface area (Å²) in [5.41, 5.74) is 2.37. The Morgan fingerprint density at radius 1 is 1.12 bits per heavy atom. The van der Waals surface area contributed by atoms with Crippen molar-refractivity contribution >= 4 is 17.7 Å². The summed E-state index contributed by atoms with van der Waals surface area (Å²) in [7, 11) is 0. The number of carboxylic acid groups (broad SMARTS) is 1. The van der Waals surface area contributed by atoms with Crippen LogP contribution in [0.4, 0.5) is 0 Å². The lowest BCUT2D eigenvalue weighted by Gasteiger charge is -2.13. The van der Waals surface area contributed by atoms with Gasteiger partial charge >= 0.3 is 5.97 Å². The van der Waals surface area contributed by atoms with Crippen molar-refractivity contribution in [3.63, 3.8) is 0 Å². The van der Waals surface area contributed by atoms with Gasteiger partial charge in [0.25, 0.3) is 0 Å². The summed E-state index contributed by atoms with van der Waals surface area (Å²) in [4.78, 5) is 10.9. The minimum atomic E-state index is -0.927. The van der Waals surface area contributed by atoms with Crippen LogP contribution < -0.4 is 0 Å². The summed E-state index contributed by atoms with van der Waals surface area (Å²) >= 11 is 1.09. The molecule has 3 aromatic rings. The summed E-state index contributed by atoms with van der Waals surface area (Å²) in [6, 6.07) is 14.5. The first-order chi connectivity index (χ1) is 11.6. The van der Waals surface area contributed by atoms with E-state index in [1.165, 1.54) is 0 Å². The van der Waals surface area contributed by atoms with Gasteiger partial charge in [0.2, 0.25) is 0 Å². The van der Waals surface area contributed by atoms with E-state index in [1.807, 2.05) is 31.2 Å². The largest absolute Gasteiger partial charge is 0.507 e. The highest BCUT2D eigenvalue weighted by Gasteiger charge is 2.19. The van der Waals surface area contributed by atoms with E-state index in [4.69, 9.17) is 5.11 Å². The molecular weight excluding hydrogens is 326 g/mol. The number of carbonyl (C=O) groups is 1. The fraction of sp³-hybridized carbons (Fsp3) is 0.118. The molecule has 0 atom stereocenters. The maximum atomic E-state index is 10.9. The van der Waals surface area contributed by atoms with Crippen LogP contribution in [0, 0.1) is 6.92 Å². The quantitative estimate of drug-likeness (QED) is 0.693. The SMILES string of the molecule is Cc1ccccc1-n1c(SCC(=O)O)nnc1-c1ccccc1O. The number of rotatable bonds is 5. The first-order valence-electron chi connectivity index (χ1n) is 7.22. The highest BCUT2D eigenvalue weighted by molar-refractivity contribution is 7.99. The van der Waals surface area contributed by atoms with Crippen LogP contribution in [0.5, 0.6) is 5.75 Å². The Kier molecular flexibility index (Phi) is 4.52. The van der Waals surface area contributed by atoms with Crippen molar-refractivity contribution in [3.8, 4) is 22.8 Å². The van der Waals surface area contributed by atoms with Crippen LogP contribution in [0.2, 0.25) is 0 Å². The van der Waals surface area contributed by atoms with Crippen LogP contribution in [0.15, 0.2) is 53.7 Å². The van der Waals surface area contributed by atoms with Crippen LogP contribution in [0.25, 0.3) is 17.1 Å². The molecule has 0 aliphatic heterocycles. The van der Waals surface area contributed by atoms with Crippen LogP contribution in [0.1, 0.15) is 5.56 Å². The molecule has 0 amide bonds. The molecule has 0 unspecified atom stereocenters. The van der Waals surface area contributed by atoms with E-state index in [-0.39, 0.29) is 11.5 Å². The average Bonchev–Trinajstić information content (AvgIpc) is 2.97. The van der Waals surface area contributed by atoms with Crippen LogP contribution in [0.3, 0.4) is 0 Å². The molecule has 3 rings (SSSR count). The van der Waals surface area contributed by atoms with Crippen LogP contribution in [-0.4, -0.2) is 36.7 Å². The number of aryl methyl sites for hydroxylation is 1. The number of aromatic hydroxyl groups is 1. The number of aliphatic carboxylic acids is 1. The number of para-hydroxylation sites is 2. The van der Waals surface area contributed by atoms with Gasteiger partial charge in [-0.2, -0.15) is 0 Å². The molecule has 0 aliphatic carbocycles. The van der Waals surface area contributed by atoms with Crippen molar-refractivity contribution in [2.24, 2.45) is 0 Å². The first-order valence-corrected chi connectivity index (χ1v) is 8.21. The molecule has 0 fully saturated rings. The molecular formula is C17H15N3O3S. The number of carboxylic acids is 1. The van der Waals surface area contributed by atoms with Gasteiger partial charge in [-0.1, -0.05) is 42.1 Å². The molecule has 6 nitrogen and oxygen atoms in total. The number of hydrogen-bond donors (Lipinski definition) is 2. The molecule has 0 aliphatic rings.